The number of hydrogen-bond donors (Lipinski definition) is 2. The summed E-state index contributed by atoms with van der Waals surface area (Å²) in [5.74, 6) is 0.130. The Morgan fingerprint density at radius 3 is 2.83 bits per heavy atom. The van der Waals surface area contributed by atoms with Gasteiger partial charge >= 0.3 is 6.03 Å². The number of nitrogens with one attached hydrogen (secondary N) is 2. The van der Waals surface area contributed by atoms with Crippen LogP contribution in [0.1, 0.15) is 19.3 Å². The van der Waals surface area contributed by atoms with Gasteiger partial charge in [0.2, 0.25) is 5.91 Å². The van der Waals surface area contributed by atoms with Gasteiger partial charge in [-0.1, -0.05) is 6.07 Å². The van der Waals surface area contributed by atoms with E-state index in [-0.39, 0.29) is 11.9 Å². The maximum absolute atomic E-state index is 11.9. The van der Waals surface area contributed by atoms with Gasteiger partial charge in [-0.25, -0.2) is 4.79 Å². The molecule has 0 atom stereocenters. The van der Waals surface area contributed by atoms with Gasteiger partial charge in [-0.15, -0.1) is 10.2 Å². The number of rotatable bonds is 6. The molecule has 0 saturated carbocycles. The molecule has 0 radical (unpaired) electrons. The molecule has 1 aliphatic rings. The van der Waals surface area contributed by atoms with Gasteiger partial charge < -0.3 is 20.1 Å². The van der Waals surface area contributed by atoms with Crippen LogP contribution in [0.4, 0.5) is 16.2 Å². The third-order valence-electron chi connectivity index (χ3n) is 3.83. The number of carbonyl (C=O) groups is 2. The molecule has 126 valence electrons. The Balaban J connectivity index is 1.46. The van der Waals surface area contributed by atoms with Crippen molar-refractivity contribution in [1.29, 1.82) is 0 Å². The number of amides is 3. The molecule has 1 saturated heterocycles. The molecule has 2 heterocycles. The van der Waals surface area contributed by atoms with Crippen molar-refractivity contribution in [3.05, 3.63) is 36.9 Å². The number of nitrogens with zero attached hydrogens (tertiary/aromatic N) is 4. The first-order valence-corrected chi connectivity index (χ1v) is 8.00. The summed E-state index contributed by atoms with van der Waals surface area (Å²) in [5.41, 5.74) is 1.49. The zero-order valence-corrected chi connectivity index (χ0v) is 13.3. The van der Waals surface area contributed by atoms with Gasteiger partial charge in [-0.05, 0) is 31.0 Å². The first-order valence-electron chi connectivity index (χ1n) is 8.00. The molecule has 1 aromatic carbocycles. The SMILES string of the molecule is O=C(NCCCn1cnnc1)Nc1cccc(N2CCCC2=O)c1. The highest BCUT2D eigenvalue weighted by Crippen LogP contribution is 2.24. The Labute approximate surface area is 139 Å². The predicted octanol–water partition coefficient (Wildman–Crippen LogP) is 1.62. The summed E-state index contributed by atoms with van der Waals surface area (Å²) in [6.45, 7) is 2.03. The molecule has 3 amide bonds. The maximum atomic E-state index is 11.9. The summed E-state index contributed by atoms with van der Waals surface area (Å²) in [6.07, 6.45) is 5.54. The highest BCUT2D eigenvalue weighted by molar-refractivity contribution is 5.96. The van der Waals surface area contributed by atoms with Crippen LogP contribution < -0.4 is 15.5 Å². The van der Waals surface area contributed by atoms with Crippen LogP contribution in [0, 0.1) is 0 Å². The molecule has 1 aromatic heterocycles. The van der Waals surface area contributed by atoms with Gasteiger partial charge in [0.1, 0.15) is 12.7 Å². The molecule has 0 unspecified atom stereocenters. The van der Waals surface area contributed by atoms with Gasteiger partial charge in [-0.2, -0.15) is 0 Å². The van der Waals surface area contributed by atoms with E-state index in [4.69, 9.17) is 0 Å². The van der Waals surface area contributed by atoms with E-state index in [1.54, 1.807) is 23.6 Å². The summed E-state index contributed by atoms with van der Waals surface area (Å²) in [6, 6.07) is 7.08. The number of aromatic nitrogens is 3. The molecule has 3 rings (SSSR count). The van der Waals surface area contributed by atoms with Crippen molar-refractivity contribution in [2.45, 2.75) is 25.8 Å². The van der Waals surface area contributed by atoms with Gasteiger partial charge in [0.25, 0.3) is 0 Å². The second-order valence-corrected chi connectivity index (χ2v) is 5.63. The van der Waals surface area contributed by atoms with Gasteiger partial charge in [0, 0.05) is 37.4 Å². The first kappa shape index (κ1) is 16.0. The van der Waals surface area contributed by atoms with Gasteiger partial charge in [0.15, 0.2) is 0 Å². The van der Waals surface area contributed by atoms with E-state index in [1.807, 2.05) is 22.8 Å². The Morgan fingerprint density at radius 2 is 2.08 bits per heavy atom. The number of urea groups is 1. The van der Waals surface area contributed by atoms with Crippen LogP contribution in [0.15, 0.2) is 36.9 Å². The minimum Gasteiger partial charge on any atom is -0.338 e. The predicted molar refractivity (Wildman–Crippen MR) is 89.7 cm³/mol. The Hall–Kier alpha value is -2.90. The van der Waals surface area contributed by atoms with Crippen molar-refractivity contribution in [2.75, 3.05) is 23.3 Å². The molecule has 24 heavy (non-hydrogen) atoms. The van der Waals surface area contributed by atoms with Gasteiger partial charge in [-0.3, -0.25) is 4.79 Å². The van der Waals surface area contributed by atoms with Crippen molar-refractivity contribution in [3.8, 4) is 0 Å². The fourth-order valence-electron chi connectivity index (χ4n) is 2.65. The van der Waals surface area contributed by atoms with Crippen LogP contribution in [0.25, 0.3) is 0 Å². The van der Waals surface area contributed by atoms with Crippen LogP contribution in [0.3, 0.4) is 0 Å². The number of anilines is 2. The Bertz CT molecular complexity index is 700. The molecule has 8 nitrogen and oxygen atoms in total. The smallest absolute Gasteiger partial charge is 0.319 e. The second kappa shape index (κ2) is 7.58. The number of benzene rings is 1. The van der Waals surface area contributed by atoms with Crippen LogP contribution >= 0.6 is 0 Å². The van der Waals surface area contributed by atoms with Crippen molar-refractivity contribution in [2.24, 2.45) is 0 Å². The summed E-state index contributed by atoms with van der Waals surface area (Å²) >= 11 is 0. The van der Waals surface area contributed by atoms with E-state index in [1.165, 1.54) is 0 Å². The quantitative estimate of drug-likeness (QED) is 0.788. The topological polar surface area (TPSA) is 92.2 Å². The lowest BCUT2D eigenvalue weighted by Gasteiger charge is -2.17. The van der Waals surface area contributed by atoms with Crippen molar-refractivity contribution >= 4 is 23.3 Å². The number of hydrogen-bond acceptors (Lipinski definition) is 4. The van der Waals surface area contributed by atoms with Crippen LogP contribution in [-0.2, 0) is 11.3 Å². The van der Waals surface area contributed by atoms with Crippen LogP contribution in [0.5, 0.6) is 0 Å². The fourth-order valence-corrected chi connectivity index (χ4v) is 2.65. The monoisotopic (exact) mass is 328 g/mol. The molecule has 1 fully saturated rings. The lowest BCUT2D eigenvalue weighted by molar-refractivity contribution is -0.117. The molecule has 2 aromatic rings. The Kier molecular flexibility index (Phi) is 5.05. The zero-order chi connectivity index (χ0) is 16.8. The third kappa shape index (κ3) is 4.09. The highest BCUT2D eigenvalue weighted by Gasteiger charge is 2.21. The minimum atomic E-state index is -0.261. The van der Waals surface area contributed by atoms with Gasteiger partial charge in [0.05, 0.1) is 0 Å². The van der Waals surface area contributed by atoms with Crippen molar-refractivity contribution < 1.29 is 9.59 Å². The number of aryl methyl sites for hydroxylation is 1. The van der Waals surface area contributed by atoms with E-state index in [0.717, 1.165) is 31.6 Å². The standard InChI is InChI=1S/C16H20N6O2/c23-15-6-2-9-22(15)14-5-1-4-13(10-14)20-16(24)17-7-3-8-21-11-18-19-12-21/h1,4-5,10-12H,2-3,6-9H2,(H2,17,20,24). The first-order chi connectivity index (χ1) is 11.7. The lowest BCUT2D eigenvalue weighted by atomic mass is 10.2. The maximum Gasteiger partial charge on any atom is 0.319 e. The van der Waals surface area contributed by atoms with E-state index in [9.17, 15) is 9.59 Å². The lowest BCUT2D eigenvalue weighted by Crippen LogP contribution is -2.30. The van der Waals surface area contributed by atoms with Crippen molar-refractivity contribution in [3.63, 3.8) is 0 Å². The zero-order valence-electron chi connectivity index (χ0n) is 13.3. The summed E-state index contributed by atoms with van der Waals surface area (Å²) in [4.78, 5) is 25.5. The van der Waals surface area contributed by atoms with E-state index >= 15 is 0 Å². The minimum absolute atomic E-state index is 0.130. The average molecular weight is 328 g/mol. The molecule has 8 heteroatoms. The molecule has 0 spiro atoms. The van der Waals surface area contributed by atoms with Crippen LogP contribution in [0.2, 0.25) is 0 Å². The van der Waals surface area contributed by atoms with E-state index in [2.05, 4.69) is 20.8 Å². The number of carbonyl (C=O) groups excluding carboxylic acids is 2. The normalized spacial score (nSPS) is 14.0. The third-order valence-corrected chi connectivity index (χ3v) is 3.83. The molecule has 2 N–H and O–H groups in total. The molecule has 1 aliphatic heterocycles. The molecular formula is C16H20N6O2. The van der Waals surface area contributed by atoms with E-state index in [0.29, 0.717) is 18.7 Å². The summed E-state index contributed by atoms with van der Waals surface area (Å²) < 4.78 is 1.86. The molecule has 0 bridgehead atoms. The average Bonchev–Trinajstić information content (AvgIpc) is 3.23. The van der Waals surface area contributed by atoms with Crippen molar-refractivity contribution in [1.82, 2.24) is 20.1 Å². The fraction of sp³-hybridized carbons (Fsp3) is 0.375. The Morgan fingerprint density at radius 1 is 1.25 bits per heavy atom. The molecular weight excluding hydrogens is 308 g/mol. The highest BCUT2D eigenvalue weighted by atomic mass is 16.2. The van der Waals surface area contributed by atoms with E-state index < -0.39 is 0 Å². The molecule has 0 aliphatic carbocycles. The second-order valence-electron chi connectivity index (χ2n) is 5.63. The largest absolute Gasteiger partial charge is 0.338 e. The summed E-state index contributed by atoms with van der Waals surface area (Å²) in [7, 11) is 0. The van der Waals surface area contributed by atoms with Crippen LogP contribution in [-0.4, -0.2) is 39.8 Å². The summed E-state index contributed by atoms with van der Waals surface area (Å²) in [5, 5.41) is 13.0.